The minimum absolute atomic E-state index is 0. The van der Waals surface area contributed by atoms with E-state index in [9.17, 15) is 0 Å². The fraction of sp³-hybridized carbons (Fsp3) is 0.750. The van der Waals surface area contributed by atoms with E-state index in [1.54, 1.807) is 0 Å². The molecule has 0 rings (SSSR count). The van der Waals surface area contributed by atoms with Crippen LogP contribution in [0.4, 0.5) is 0 Å². The molecule has 6 heavy (non-hydrogen) atoms. The van der Waals surface area contributed by atoms with Gasteiger partial charge in [-0.3, -0.25) is 0 Å². The van der Waals surface area contributed by atoms with Gasteiger partial charge in [-0.1, -0.05) is 13.3 Å². The van der Waals surface area contributed by atoms with E-state index in [4.69, 9.17) is 0 Å². The third kappa shape index (κ3) is 19.4. The fourth-order valence-electron chi connectivity index (χ4n) is 0. The number of hydrogen-bond acceptors (Lipinski definition) is 0. The van der Waals surface area contributed by atoms with Crippen LogP contribution in [0.3, 0.4) is 0 Å². The van der Waals surface area contributed by atoms with Gasteiger partial charge in [0.25, 0.3) is 0 Å². The van der Waals surface area contributed by atoms with Crippen LogP contribution in [0.2, 0.25) is 0 Å². The summed E-state index contributed by atoms with van der Waals surface area (Å²) in [4.78, 5) is 0. The minimum atomic E-state index is 0. The van der Waals surface area contributed by atoms with Gasteiger partial charge >= 0.3 is 18.9 Å². The second-order valence-electron chi connectivity index (χ2n) is 0.854. The summed E-state index contributed by atoms with van der Waals surface area (Å²) in [5.41, 5.74) is 0. The Balaban J connectivity index is -0.0000000450. The van der Waals surface area contributed by atoms with Gasteiger partial charge in [-0.05, 0) is 0 Å². The Bertz CT molecular complexity index is 9.51. The molecule has 0 aliphatic heterocycles. The SMILES string of the molecule is [CH2-]CCC.[Li+].[Mn]. The molecule has 2 heteroatoms. The first-order valence-corrected chi connectivity index (χ1v) is 1.71. The molecule has 0 N–H and O–H groups in total. The van der Waals surface area contributed by atoms with Crippen LogP contribution in [0.25, 0.3) is 0 Å². The van der Waals surface area contributed by atoms with E-state index in [1.165, 1.54) is 6.42 Å². The molecule has 0 aromatic heterocycles. The molecule has 0 atom stereocenters. The van der Waals surface area contributed by atoms with Crippen LogP contribution in [-0.2, 0) is 17.1 Å². The molecule has 0 aliphatic carbocycles. The Hall–Kier alpha value is 1.12. The Kier molecular flexibility index (Phi) is 43.2. The van der Waals surface area contributed by atoms with Gasteiger partial charge in [0.05, 0.1) is 0 Å². The summed E-state index contributed by atoms with van der Waals surface area (Å²) < 4.78 is 0. The molecule has 0 nitrogen and oxygen atoms in total. The van der Waals surface area contributed by atoms with Crippen molar-refractivity contribution in [3.05, 3.63) is 6.92 Å². The topological polar surface area (TPSA) is 0 Å². The van der Waals surface area contributed by atoms with Crippen LogP contribution in [0, 0.1) is 6.92 Å². The van der Waals surface area contributed by atoms with Crippen LogP contribution in [-0.4, -0.2) is 0 Å². The average molecular weight is 119 g/mol. The van der Waals surface area contributed by atoms with Gasteiger partial charge in [-0.15, -0.1) is 0 Å². The quantitative estimate of drug-likeness (QED) is 0.295. The van der Waals surface area contributed by atoms with E-state index in [0.29, 0.717) is 0 Å². The Labute approximate surface area is 62.7 Å². The molecule has 1 radical (unpaired) electrons. The van der Waals surface area contributed by atoms with Gasteiger partial charge in [-0.2, -0.15) is 6.42 Å². The molecule has 0 saturated heterocycles. The second-order valence-corrected chi connectivity index (χ2v) is 0.854. The van der Waals surface area contributed by atoms with Crippen LogP contribution >= 0.6 is 0 Å². The molecule has 0 unspecified atom stereocenters. The maximum absolute atomic E-state index is 3.60. The third-order valence-corrected chi connectivity index (χ3v) is 0.354. The van der Waals surface area contributed by atoms with Crippen molar-refractivity contribution >= 4 is 0 Å². The van der Waals surface area contributed by atoms with Crippen LogP contribution in [0.15, 0.2) is 0 Å². The molecular formula is C4H9LiMn. The van der Waals surface area contributed by atoms with E-state index in [0.717, 1.165) is 6.42 Å². The largest absolute Gasteiger partial charge is 1.00 e. The normalized spacial score (nSPS) is 5.00. The van der Waals surface area contributed by atoms with Crippen LogP contribution in [0.5, 0.6) is 0 Å². The number of hydrogen-bond donors (Lipinski definition) is 0. The van der Waals surface area contributed by atoms with Gasteiger partial charge < -0.3 is 6.92 Å². The van der Waals surface area contributed by atoms with Crippen molar-refractivity contribution in [2.75, 3.05) is 0 Å². The molecule has 0 aromatic rings. The van der Waals surface area contributed by atoms with Gasteiger partial charge in [0.15, 0.2) is 0 Å². The maximum atomic E-state index is 3.60. The molecular weight excluding hydrogens is 110 g/mol. The third-order valence-electron chi connectivity index (χ3n) is 0.354. The molecule has 0 bridgehead atoms. The van der Waals surface area contributed by atoms with Gasteiger partial charge in [0.1, 0.15) is 0 Å². The Morgan fingerprint density at radius 1 is 1.50 bits per heavy atom. The zero-order chi connectivity index (χ0) is 3.41. The van der Waals surface area contributed by atoms with E-state index < -0.39 is 0 Å². The first kappa shape index (κ1) is 15.7. The first-order valence-electron chi connectivity index (χ1n) is 1.71. The summed E-state index contributed by atoms with van der Waals surface area (Å²) in [6, 6.07) is 0. The van der Waals surface area contributed by atoms with Crippen molar-refractivity contribution < 1.29 is 35.9 Å². The van der Waals surface area contributed by atoms with Crippen LogP contribution in [0.1, 0.15) is 19.8 Å². The van der Waals surface area contributed by atoms with Crippen molar-refractivity contribution in [2.24, 2.45) is 0 Å². The second kappa shape index (κ2) is 16.5. The average Bonchev–Trinajstić information content (AvgIpc) is 1.37. The molecule has 0 saturated carbocycles. The summed E-state index contributed by atoms with van der Waals surface area (Å²) in [5.74, 6) is 0. The van der Waals surface area contributed by atoms with Crippen molar-refractivity contribution in [1.82, 2.24) is 0 Å². The van der Waals surface area contributed by atoms with E-state index in [-0.39, 0.29) is 35.9 Å². The Morgan fingerprint density at radius 3 is 1.67 bits per heavy atom. The minimum Gasteiger partial charge on any atom is -0.343 e. The molecule has 0 amide bonds. The van der Waals surface area contributed by atoms with Gasteiger partial charge in [-0.25, -0.2) is 0 Å². The molecule has 0 fully saturated rings. The van der Waals surface area contributed by atoms with E-state index in [1.807, 2.05) is 0 Å². The smallest absolute Gasteiger partial charge is 0.343 e. The monoisotopic (exact) mass is 119 g/mol. The first-order chi connectivity index (χ1) is 1.91. The molecule has 0 heterocycles. The molecule has 0 spiro atoms. The molecule has 0 aliphatic rings. The van der Waals surface area contributed by atoms with E-state index >= 15 is 0 Å². The van der Waals surface area contributed by atoms with E-state index in [2.05, 4.69) is 13.8 Å². The summed E-state index contributed by atoms with van der Waals surface area (Å²) >= 11 is 0. The maximum Gasteiger partial charge on any atom is 1.00 e. The van der Waals surface area contributed by atoms with Gasteiger partial charge in [0.2, 0.25) is 0 Å². The summed E-state index contributed by atoms with van der Waals surface area (Å²) in [7, 11) is 0. The standard InChI is InChI=1S/C4H9.Li.Mn/c1-3-4-2;;/h1,3-4H2,2H3;;/q-1;+1;. The summed E-state index contributed by atoms with van der Waals surface area (Å²) in [6.07, 6.45) is 2.28. The number of rotatable bonds is 1. The fourth-order valence-corrected chi connectivity index (χ4v) is 0. The van der Waals surface area contributed by atoms with Crippen molar-refractivity contribution in [1.29, 1.82) is 0 Å². The predicted molar refractivity (Wildman–Crippen MR) is 20.3 cm³/mol. The van der Waals surface area contributed by atoms with Crippen molar-refractivity contribution in [3.63, 3.8) is 0 Å². The van der Waals surface area contributed by atoms with Crippen LogP contribution < -0.4 is 18.9 Å². The Morgan fingerprint density at radius 2 is 1.67 bits per heavy atom. The van der Waals surface area contributed by atoms with Crippen molar-refractivity contribution in [2.45, 2.75) is 19.8 Å². The van der Waals surface area contributed by atoms with Gasteiger partial charge in [0, 0.05) is 17.1 Å². The predicted octanol–water partition coefficient (Wildman–Crippen LogP) is -1.38. The summed E-state index contributed by atoms with van der Waals surface area (Å²) in [6.45, 7) is 5.72. The summed E-state index contributed by atoms with van der Waals surface area (Å²) in [5, 5.41) is 0. The molecule has 0 aromatic carbocycles. The zero-order valence-corrected chi connectivity index (χ0v) is 5.68. The number of unbranched alkanes of at least 4 members (excludes halogenated alkanes) is 1. The molecule has 33 valence electrons. The zero-order valence-electron chi connectivity index (χ0n) is 4.50. The van der Waals surface area contributed by atoms with Crippen molar-refractivity contribution in [3.8, 4) is 0 Å².